The predicted octanol–water partition coefficient (Wildman–Crippen LogP) is 1.96. The summed E-state index contributed by atoms with van der Waals surface area (Å²) in [4.78, 5) is 0. The molecule has 96 valence electrons. The van der Waals surface area contributed by atoms with Crippen LogP contribution in [0.3, 0.4) is 0 Å². The van der Waals surface area contributed by atoms with Gasteiger partial charge in [0, 0.05) is 6.54 Å². The SMILES string of the molecule is CCC(CN)S(=O)(=O)Cc1cc(C)cc(C)c1. The van der Waals surface area contributed by atoms with Gasteiger partial charge >= 0.3 is 0 Å². The molecular weight excluding hydrogens is 234 g/mol. The van der Waals surface area contributed by atoms with E-state index < -0.39 is 15.1 Å². The van der Waals surface area contributed by atoms with Crippen molar-refractivity contribution in [2.75, 3.05) is 6.54 Å². The molecular formula is C13H21NO2S. The Hall–Kier alpha value is -0.870. The van der Waals surface area contributed by atoms with Gasteiger partial charge in [0.05, 0.1) is 11.0 Å². The second-order valence-corrected chi connectivity index (χ2v) is 6.85. The maximum absolute atomic E-state index is 12.1. The zero-order chi connectivity index (χ0) is 13.1. The van der Waals surface area contributed by atoms with Crippen molar-refractivity contribution < 1.29 is 8.42 Å². The fourth-order valence-corrected chi connectivity index (χ4v) is 3.74. The van der Waals surface area contributed by atoms with Crippen LogP contribution in [0.25, 0.3) is 0 Å². The van der Waals surface area contributed by atoms with Crippen molar-refractivity contribution in [1.29, 1.82) is 0 Å². The van der Waals surface area contributed by atoms with Crippen LogP contribution < -0.4 is 5.73 Å². The third-order valence-corrected chi connectivity index (χ3v) is 5.15. The summed E-state index contributed by atoms with van der Waals surface area (Å²) in [6.45, 7) is 6.01. The Kier molecular flexibility index (Phi) is 4.71. The van der Waals surface area contributed by atoms with E-state index in [4.69, 9.17) is 5.73 Å². The zero-order valence-corrected chi connectivity index (χ0v) is 11.5. The van der Waals surface area contributed by atoms with E-state index in [0.29, 0.717) is 6.42 Å². The third-order valence-electron chi connectivity index (χ3n) is 2.88. The maximum Gasteiger partial charge on any atom is 0.158 e. The van der Waals surface area contributed by atoms with Gasteiger partial charge in [0.25, 0.3) is 0 Å². The van der Waals surface area contributed by atoms with Crippen molar-refractivity contribution in [2.45, 2.75) is 38.2 Å². The molecule has 0 radical (unpaired) electrons. The van der Waals surface area contributed by atoms with Gasteiger partial charge in [-0.05, 0) is 25.8 Å². The topological polar surface area (TPSA) is 60.2 Å². The first kappa shape index (κ1) is 14.2. The minimum Gasteiger partial charge on any atom is -0.329 e. The van der Waals surface area contributed by atoms with Gasteiger partial charge in [-0.3, -0.25) is 0 Å². The molecule has 0 spiro atoms. The summed E-state index contributed by atoms with van der Waals surface area (Å²) >= 11 is 0. The lowest BCUT2D eigenvalue weighted by molar-refractivity contribution is 0.575. The van der Waals surface area contributed by atoms with Crippen LogP contribution in [-0.4, -0.2) is 20.2 Å². The molecule has 2 N–H and O–H groups in total. The third kappa shape index (κ3) is 3.82. The van der Waals surface area contributed by atoms with Crippen LogP contribution in [0.1, 0.15) is 30.0 Å². The first-order valence-electron chi connectivity index (χ1n) is 5.88. The standard InChI is InChI=1S/C13H21NO2S/c1-4-13(8-14)17(15,16)9-12-6-10(2)5-11(3)7-12/h5-7,13H,4,8-9,14H2,1-3H3. The molecule has 0 aliphatic carbocycles. The Balaban J connectivity index is 2.97. The second-order valence-electron chi connectivity index (χ2n) is 4.57. The van der Waals surface area contributed by atoms with Gasteiger partial charge in [-0.25, -0.2) is 8.42 Å². The summed E-state index contributed by atoms with van der Waals surface area (Å²) in [7, 11) is -3.13. The summed E-state index contributed by atoms with van der Waals surface area (Å²) in [5, 5.41) is -0.427. The van der Waals surface area contributed by atoms with Crippen molar-refractivity contribution in [1.82, 2.24) is 0 Å². The van der Waals surface area contributed by atoms with E-state index >= 15 is 0 Å². The summed E-state index contributed by atoms with van der Waals surface area (Å²) < 4.78 is 24.2. The van der Waals surface area contributed by atoms with E-state index in [1.807, 2.05) is 39.0 Å². The quantitative estimate of drug-likeness (QED) is 0.875. The average molecular weight is 255 g/mol. The number of hydrogen-bond donors (Lipinski definition) is 1. The minimum absolute atomic E-state index is 0.0885. The van der Waals surface area contributed by atoms with Crippen LogP contribution in [0.15, 0.2) is 18.2 Å². The molecule has 4 heteroatoms. The first-order chi connectivity index (χ1) is 7.89. The molecule has 3 nitrogen and oxygen atoms in total. The first-order valence-corrected chi connectivity index (χ1v) is 7.59. The van der Waals surface area contributed by atoms with Gasteiger partial charge in [-0.1, -0.05) is 36.2 Å². The summed E-state index contributed by atoms with van der Waals surface area (Å²) in [5.41, 5.74) is 8.55. The second kappa shape index (κ2) is 5.65. The van der Waals surface area contributed by atoms with E-state index in [2.05, 4.69) is 0 Å². The van der Waals surface area contributed by atoms with E-state index in [1.165, 1.54) is 0 Å². The normalized spacial score (nSPS) is 13.6. The lowest BCUT2D eigenvalue weighted by atomic mass is 10.1. The number of hydrogen-bond acceptors (Lipinski definition) is 3. The minimum atomic E-state index is -3.13. The van der Waals surface area contributed by atoms with Crippen molar-refractivity contribution in [3.63, 3.8) is 0 Å². The highest BCUT2D eigenvalue weighted by molar-refractivity contribution is 7.91. The Labute approximate surface area is 104 Å². The molecule has 0 saturated carbocycles. The van der Waals surface area contributed by atoms with Crippen LogP contribution in [0.2, 0.25) is 0 Å². The lowest BCUT2D eigenvalue weighted by Crippen LogP contribution is -2.30. The van der Waals surface area contributed by atoms with E-state index in [1.54, 1.807) is 0 Å². The fraction of sp³-hybridized carbons (Fsp3) is 0.538. The molecule has 1 atom stereocenters. The van der Waals surface area contributed by atoms with Crippen LogP contribution >= 0.6 is 0 Å². The Morgan fingerprint density at radius 2 is 1.71 bits per heavy atom. The molecule has 0 fully saturated rings. The average Bonchev–Trinajstić information content (AvgIpc) is 2.15. The van der Waals surface area contributed by atoms with Crippen LogP contribution in [0, 0.1) is 13.8 Å². The molecule has 0 aliphatic heterocycles. The molecule has 0 heterocycles. The van der Waals surface area contributed by atoms with Crippen molar-refractivity contribution >= 4 is 9.84 Å². The maximum atomic E-state index is 12.1. The number of sulfone groups is 1. The van der Waals surface area contributed by atoms with E-state index in [0.717, 1.165) is 16.7 Å². The number of benzene rings is 1. The molecule has 1 aromatic carbocycles. The van der Waals surface area contributed by atoms with Gasteiger partial charge in [0.1, 0.15) is 0 Å². The number of rotatable bonds is 5. The highest BCUT2D eigenvalue weighted by atomic mass is 32.2. The predicted molar refractivity (Wildman–Crippen MR) is 71.7 cm³/mol. The molecule has 17 heavy (non-hydrogen) atoms. The smallest absolute Gasteiger partial charge is 0.158 e. The molecule has 0 amide bonds. The van der Waals surface area contributed by atoms with Crippen molar-refractivity contribution in [3.05, 3.63) is 34.9 Å². The monoisotopic (exact) mass is 255 g/mol. The van der Waals surface area contributed by atoms with Gasteiger partial charge in [0.15, 0.2) is 9.84 Å². The van der Waals surface area contributed by atoms with Crippen LogP contribution in [-0.2, 0) is 15.6 Å². The summed E-state index contributed by atoms with van der Waals surface area (Å²) in [6, 6.07) is 5.89. The summed E-state index contributed by atoms with van der Waals surface area (Å²) in [6.07, 6.45) is 0.573. The highest BCUT2D eigenvalue weighted by Crippen LogP contribution is 2.16. The Bertz CT molecular complexity index is 456. The van der Waals surface area contributed by atoms with Crippen molar-refractivity contribution in [2.24, 2.45) is 5.73 Å². The van der Waals surface area contributed by atoms with Crippen molar-refractivity contribution in [3.8, 4) is 0 Å². The highest BCUT2D eigenvalue weighted by Gasteiger charge is 2.22. The molecule has 1 unspecified atom stereocenters. The molecule has 1 aromatic rings. The van der Waals surface area contributed by atoms with Gasteiger partial charge in [-0.15, -0.1) is 0 Å². The van der Waals surface area contributed by atoms with E-state index in [-0.39, 0.29) is 12.3 Å². The van der Waals surface area contributed by atoms with Crippen LogP contribution in [0.5, 0.6) is 0 Å². The fourth-order valence-electron chi connectivity index (χ4n) is 2.07. The Morgan fingerprint density at radius 1 is 1.18 bits per heavy atom. The molecule has 0 bridgehead atoms. The van der Waals surface area contributed by atoms with Gasteiger partial charge in [0.2, 0.25) is 0 Å². The molecule has 1 rings (SSSR count). The largest absolute Gasteiger partial charge is 0.329 e. The lowest BCUT2D eigenvalue weighted by Gasteiger charge is -2.14. The number of nitrogens with two attached hydrogens (primary N) is 1. The van der Waals surface area contributed by atoms with Gasteiger partial charge in [-0.2, -0.15) is 0 Å². The number of aryl methyl sites for hydroxylation is 2. The van der Waals surface area contributed by atoms with Crippen LogP contribution in [0.4, 0.5) is 0 Å². The summed E-state index contributed by atoms with van der Waals surface area (Å²) in [5.74, 6) is 0.0885. The zero-order valence-electron chi connectivity index (χ0n) is 10.7. The molecule has 0 aromatic heterocycles. The van der Waals surface area contributed by atoms with Gasteiger partial charge < -0.3 is 5.73 Å². The van der Waals surface area contributed by atoms with E-state index in [9.17, 15) is 8.42 Å². The Morgan fingerprint density at radius 3 is 2.12 bits per heavy atom. The molecule has 0 aliphatic rings. The molecule has 0 saturated heterocycles.